The normalized spacial score (nSPS) is 29.1. The summed E-state index contributed by atoms with van der Waals surface area (Å²) in [6, 6.07) is -0.173. The van der Waals surface area contributed by atoms with Crippen molar-refractivity contribution in [3.63, 3.8) is 0 Å². The molecule has 1 N–H and O–H groups in total. The molecule has 0 saturated carbocycles. The van der Waals surface area contributed by atoms with Gasteiger partial charge >= 0.3 is 5.97 Å². The van der Waals surface area contributed by atoms with Gasteiger partial charge in [0, 0.05) is 18.5 Å². The van der Waals surface area contributed by atoms with E-state index < -0.39 is 11.9 Å². The van der Waals surface area contributed by atoms with Crippen LogP contribution in [0.2, 0.25) is 0 Å². The first-order chi connectivity index (χ1) is 13.4. The SMILES string of the molecule is C/C=C1/OCO/C1=C/C=C/C1CN(CC=O)[C@@H](C[C@H](C)C=C(C)C)[C@@H]1C(=O)O. The van der Waals surface area contributed by atoms with Gasteiger partial charge in [0.15, 0.2) is 11.5 Å². The van der Waals surface area contributed by atoms with Crippen LogP contribution >= 0.6 is 0 Å². The van der Waals surface area contributed by atoms with E-state index in [1.165, 1.54) is 5.57 Å². The zero-order chi connectivity index (χ0) is 20.7. The summed E-state index contributed by atoms with van der Waals surface area (Å²) >= 11 is 0. The first kappa shape index (κ1) is 22.0. The maximum Gasteiger partial charge on any atom is 0.308 e. The molecular formula is C22H31NO5. The highest BCUT2D eigenvalue weighted by Gasteiger charge is 2.44. The van der Waals surface area contributed by atoms with Gasteiger partial charge in [-0.3, -0.25) is 9.69 Å². The molecule has 0 bridgehead atoms. The average Bonchev–Trinajstić information content (AvgIpc) is 3.19. The van der Waals surface area contributed by atoms with E-state index in [0.29, 0.717) is 24.5 Å². The van der Waals surface area contributed by atoms with Gasteiger partial charge in [0.1, 0.15) is 6.29 Å². The lowest BCUT2D eigenvalue weighted by Crippen LogP contribution is -2.38. The lowest BCUT2D eigenvalue weighted by atomic mass is 9.85. The number of carbonyl (C=O) groups is 2. The van der Waals surface area contributed by atoms with E-state index in [-0.39, 0.29) is 31.2 Å². The van der Waals surface area contributed by atoms with Crippen LogP contribution in [-0.4, -0.2) is 48.2 Å². The number of rotatable bonds is 8. The molecule has 28 heavy (non-hydrogen) atoms. The molecule has 2 aliphatic rings. The van der Waals surface area contributed by atoms with Gasteiger partial charge in [-0.2, -0.15) is 0 Å². The third-order valence-electron chi connectivity index (χ3n) is 5.16. The van der Waals surface area contributed by atoms with Gasteiger partial charge in [0.25, 0.3) is 0 Å². The van der Waals surface area contributed by atoms with Crippen molar-refractivity contribution in [2.24, 2.45) is 17.8 Å². The van der Waals surface area contributed by atoms with Crippen LogP contribution in [0.1, 0.15) is 34.1 Å². The average molecular weight is 389 g/mol. The Morgan fingerprint density at radius 2 is 2.04 bits per heavy atom. The standard InChI is InChI=1S/C22H31NO5/c1-5-19-20(28-14-27-19)8-6-7-17-13-23(9-10-24)18(21(17)22(25)26)12-16(4)11-15(2)3/h5-8,10-11,16-18,21H,9,12-14H2,1-4H3,(H,25,26)/b7-6+,19-5+,20-8+/t16-,17?,18+,21-/m1/s1. The molecule has 0 aromatic carbocycles. The Kier molecular flexibility index (Phi) is 8.05. The van der Waals surface area contributed by atoms with Crippen molar-refractivity contribution < 1.29 is 24.2 Å². The van der Waals surface area contributed by atoms with Crippen LogP contribution in [0.15, 0.2) is 47.5 Å². The van der Waals surface area contributed by atoms with Gasteiger partial charge in [-0.15, -0.1) is 0 Å². The van der Waals surface area contributed by atoms with Crippen LogP contribution in [0.25, 0.3) is 0 Å². The Morgan fingerprint density at radius 1 is 1.32 bits per heavy atom. The fourth-order valence-corrected chi connectivity index (χ4v) is 4.12. The summed E-state index contributed by atoms with van der Waals surface area (Å²) < 4.78 is 10.7. The fourth-order valence-electron chi connectivity index (χ4n) is 4.12. The maximum absolute atomic E-state index is 12.1. The summed E-state index contributed by atoms with van der Waals surface area (Å²) in [5, 5.41) is 9.89. The predicted molar refractivity (Wildman–Crippen MR) is 107 cm³/mol. The third-order valence-corrected chi connectivity index (χ3v) is 5.16. The smallest absolute Gasteiger partial charge is 0.308 e. The van der Waals surface area contributed by atoms with Gasteiger partial charge in [-0.1, -0.05) is 30.7 Å². The number of aliphatic carboxylic acids is 1. The molecule has 2 heterocycles. The molecule has 6 nitrogen and oxygen atoms in total. The topological polar surface area (TPSA) is 76.1 Å². The Hall–Kier alpha value is -2.34. The highest BCUT2D eigenvalue weighted by atomic mass is 16.7. The summed E-state index contributed by atoms with van der Waals surface area (Å²) in [5.41, 5.74) is 1.21. The predicted octanol–water partition coefficient (Wildman–Crippen LogP) is 3.53. The fraction of sp³-hybridized carbons (Fsp3) is 0.545. The van der Waals surface area contributed by atoms with Crippen LogP contribution < -0.4 is 0 Å². The minimum Gasteiger partial charge on any atom is -0.481 e. The largest absolute Gasteiger partial charge is 0.481 e. The first-order valence-electron chi connectivity index (χ1n) is 9.73. The second kappa shape index (κ2) is 10.3. The van der Waals surface area contributed by atoms with E-state index in [9.17, 15) is 14.7 Å². The lowest BCUT2D eigenvalue weighted by Gasteiger charge is -2.27. The van der Waals surface area contributed by atoms with Crippen molar-refractivity contribution in [3.8, 4) is 0 Å². The summed E-state index contributed by atoms with van der Waals surface area (Å²) in [4.78, 5) is 25.2. The van der Waals surface area contributed by atoms with Crippen molar-refractivity contribution in [3.05, 3.63) is 47.5 Å². The highest BCUT2D eigenvalue weighted by Crippen LogP contribution is 2.35. The minimum absolute atomic E-state index is 0.172. The summed E-state index contributed by atoms with van der Waals surface area (Å²) in [6.45, 7) is 9.03. The number of likely N-dealkylation sites (tertiary alicyclic amines) is 1. The van der Waals surface area contributed by atoms with Crippen molar-refractivity contribution in [1.29, 1.82) is 0 Å². The van der Waals surface area contributed by atoms with Crippen molar-refractivity contribution in [1.82, 2.24) is 4.90 Å². The zero-order valence-corrected chi connectivity index (χ0v) is 17.1. The van der Waals surface area contributed by atoms with E-state index in [2.05, 4.69) is 13.0 Å². The molecular weight excluding hydrogens is 358 g/mol. The van der Waals surface area contributed by atoms with Crippen LogP contribution in [0.4, 0.5) is 0 Å². The number of ether oxygens (including phenoxy) is 2. The van der Waals surface area contributed by atoms with E-state index in [1.807, 2.05) is 43.9 Å². The van der Waals surface area contributed by atoms with E-state index >= 15 is 0 Å². The van der Waals surface area contributed by atoms with Crippen molar-refractivity contribution in [2.75, 3.05) is 19.9 Å². The second-order valence-corrected chi connectivity index (χ2v) is 7.65. The second-order valence-electron chi connectivity index (χ2n) is 7.65. The molecule has 2 saturated heterocycles. The van der Waals surface area contributed by atoms with Crippen molar-refractivity contribution in [2.45, 2.75) is 40.2 Å². The molecule has 0 radical (unpaired) electrons. The van der Waals surface area contributed by atoms with Gasteiger partial charge in [-0.25, -0.2) is 0 Å². The molecule has 2 rings (SSSR count). The Labute approximate surface area is 167 Å². The Morgan fingerprint density at radius 3 is 2.64 bits per heavy atom. The molecule has 2 fully saturated rings. The molecule has 6 heteroatoms. The van der Waals surface area contributed by atoms with E-state index in [0.717, 1.165) is 6.29 Å². The van der Waals surface area contributed by atoms with Gasteiger partial charge in [0.05, 0.1) is 12.5 Å². The number of carboxylic acids is 1. The molecule has 2 aliphatic heterocycles. The number of carbonyl (C=O) groups excluding carboxylic acids is 1. The number of hydrogen-bond donors (Lipinski definition) is 1. The molecule has 4 atom stereocenters. The molecule has 1 unspecified atom stereocenters. The number of carboxylic acid groups (broad SMARTS) is 1. The molecule has 0 aromatic heterocycles. The van der Waals surface area contributed by atoms with E-state index in [4.69, 9.17) is 9.47 Å². The zero-order valence-electron chi connectivity index (χ0n) is 17.1. The first-order valence-corrected chi connectivity index (χ1v) is 9.73. The van der Waals surface area contributed by atoms with Crippen molar-refractivity contribution >= 4 is 12.3 Å². The van der Waals surface area contributed by atoms with Gasteiger partial charge in [0.2, 0.25) is 6.79 Å². The molecule has 0 aliphatic carbocycles. The molecule has 154 valence electrons. The molecule has 0 aromatic rings. The van der Waals surface area contributed by atoms with E-state index in [1.54, 1.807) is 6.08 Å². The van der Waals surface area contributed by atoms with Crippen LogP contribution in [0.5, 0.6) is 0 Å². The quantitative estimate of drug-likeness (QED) is 0.506. The number of hydrogen-bond acceptors (Lipinski definition) is 5. The summed E-state index contributed by atoms with van der Waals surface area (Å²) in [6.07, 6.45) is 11.1. The minimum atomic E-state index is -0.820. The Bertz CT molecular complexity index is 687. The summed E-state index contributed by atoms with van der Waals surface area (Å²) in [5.74, 6) is 0.0277. The number of nitrogens with zero attached hydrogens (tertiary/aromatic N) is 1. The highest BCUT2D eigenvalue weighted by molar-refractivity contribution is 5.72. The monoisotopic (exact) mass is 389 g/mol. The lowest BCUT2D eigenvalue weighted by molar-refractivity contribution is -0.143. The van der Waals surface area contributed by atoms with Crippen LogP contribution in [-0.2, 0) is 19.1 Å². The maximum atomic E-state index is 12.1. The molecule has 0 spiro atoms. The van der Waals surface area contributed by atoms with Gasteiger partial charge < -0.3 is 19.4 Å². The third kappa shape index (κ3) is 5.58. The summed E-state index contributed by atoms with van der Waals surface area (Å²) in [7, 11) is 0. The Balaban J connectivity index is 2.20. The molecule has 0 amide bonds. The number of allylic oxidation sites excluding steroid dienone is 5. The van der Waals surface area contributed by atoms with Crippen LogP contribution in [0.3, 0.4) is 0 Å². The number of aldehydes is 1. The van der Waals surface area contributed by atoms with Gasteiger partial charge in [-0.05, 0) is 45.3 Å². The van der Waals surface area contributed by atoms with Crippen LogP contribution in [0, 0.1) is 17.8 Å².